The van der Waals surface area contributed by atoms with Gasteiger partial charge in [0, 0.05) is 0 Å². The summed E-state index contributed by atoms with van der Waals surface area (Å²) in [6.45, 7) is 1.65. The molecule has 0 aliphatic heterocycles. The van der Waals surface area contributed by atoms with Crippen molar-refractivity contribution in [3.05, 3.63) is 95.3 Å². The van der Waals surface area contributed by atoms with E-state index in [4.69, 9.17) is 0 Å². The minimum Gasteiger partial charge on any atom is -1.00 e. The van der Waals surface area contributed by atoms with Crippen LogP contribution in [0.3, 0.4) is 0 Å². The molecule has 29 heavy (non-hydrogen) atoms. The number of rotatable bonds is 1. The quantitative estimate of drug-likeness (QED) is 0.149. The van der Waals surface area contributed by atoms with E-state index in [2.05, 4.69) is 42.5 Å². The van der Waals surface area contributed by atoms with Gasteiger partial charge < -0.3 is 24.8 Å². The maximum absolute atomic E-state index is 13.4. The second-order valence-electron chi connectivity index (χ2n) is 5.78. The average Bonchev–Trinajstić information content (AvgIpc) is 3.28. The normalized spacial score (nSPS) is 9.59. The Morgan fingerprint density at radius 3 is 1.83 bits per heavy atom. The maximum atomic E-state index is 13.4. The first-order valence-corrected chi connectivity index (χ1v) is 7.75. The summed E-state index contributed by atoms with van der Waals surface area (Å²) >= 11 is 0. The first kappa shape index (κ1) is 27.5. The van der Waals surface area contributed by atoms with Gasteiger partial charge in [-0.2, -0.15) is 17.5 Å². The van der Waals surface area contributed by atoms with Crippen molar-refractivity contribution in [3.63, 3.8) is 0 Å². The molecule has 0 aliphatic rings. The molecule has 0 atom stereocenters. The molecular formula is C21H13Cl2F5Zr. The van der Waals surface area contributed by atoms with E-state index in [0.29, 0.717) is 5.56 Å². The fourth-order valence-electron chi connectivity index (χ4n) is 2.65. The number of halogens is 7. The van der Waals surface area contributed by atoms with E-state index >= 15 is 0 Å². The van der Waals surface area contributed by atoms with Gasteiger partial charge in [-0.15, -0.1) is 53.4 Å². The van der Waals surface area contributed by atoms with Crippen molar-refractivity contribution >= 4 is 10.8 Å². The molecule has 0 N–H and O–H groups in total. The first-order chi connectivity index (χ1) is 12.4. The van der Waals surface area contributed by atoms with Crippen LogP contribution in [-0.2, 0) is 26.2 Å². The molecule has 4 aromatic rings. The van der Waals surface area contributed by atoms with E-state index < -0.39 is 34.6 Å². The van der Waals surface area contributed by atoms with Crippen LogP contribution in [0.4, 0.5) is 22.0 Å². The minimum atomic E-state index is -2.15. The minimum absolute atomic E-state index is 0. The van der Waals surface area contributed by atoms with Crippen LogP contribution in [0.15, 0.2) is 60.7 Å². The van der Waals surface area contributed by atoms with Gasteiger partial charge in [-0.05, 0) is 5.56 Å². The van der Waals surface area contributed by atoms with Crippen LogP contribution in [0.2, 0.25) is 0 Å². The summed E-state index contributed by atoms with van der Waals surface area (Å²) in [6.07, 6.45) is 0. The van der Waals surface area contributed by atoms with Gasteiger partial charge >= 0.3 is 26.2 Å². The van der Waals surface area contributed by atoms with E-state index in [0.717, 1.165) is 0 Å². The summed E-state index contributed by atoms with van der Waals surface area (Å²) in [5, 5.41) is 2.66. The summed E-state index contributed by atoms with van der Waals surface area (Å²) in [7, 11) is 0. The molecular weight excluding hydrogens is 509 g/mol. The largest absolute Gasteiger partial charge is 4.00 e. The summed E-state index contributed by atoms with van der Waals surface area (Å²) in [5.41, 5.74) is -0.256. The van der Waals surface area contributed by atoms with Crippen molar-refractivity contribution < 1.29 is 73.0 Å². The summed E-state index contributed by atoms with van der Waals surface area (Å²) < 4.78 is 65.4. The molecule has 0 radical (unpaired) electrons. The van der Waals surface area contributed by atoms with Crippen LogP contribution in [0.1, 0.15) is 5.56 Å². The fraction of sp³-hybridized carbons (Fsp3) is 0.0476. The Balaban J connectivity index is 0.000000560. The van der Waals surface area contributed by atoms with Crippen LogP contribution in [0.25, 0.3) is 21.9 Å². The summed E-state index contributed by atoms with van der Waals surface area (Å²) in [4.78, 5) is 0. The smallest absolute Gasteiger partial charge is 1.00 e. The third-order valence-corrected chi connectivity index (χ3v) is 3.96. The fourth-order valence-corrected chi connectivity index (χ4v) is 2.65. The van der Waals surface area contributed by atoms with Crippen LogP contribution in [0, 0.1) is 36.0 Å². The van der Waals surface area contributed by atoms with Gasteiger partial charge in [-0.1, -0.05) is 18.6 Å². The van der Waals surface area contributed by atoms with Gasteiger partial charge in [0.15, 0.2) is 17.5 Å². The number of hydrogen-bond donors (Lipinski definition) is 0. The molecule has 0 spiro atoms. The molecule has 0 aromatic heterocycles. The van der Waals surface area contributed by atoms with E-state index in [9.17, 15) is 22.0 Å². The van der Waals surface area contributed by atoms with E-state index in [-0.39, 0.29) is 56.6 Å². The zero-order chi connectivity index (χ0) is 18.8. The van der Waals surface area contributed by atoms with Crippen molar-refractivity contribution in [1.82, 2.24) is 0 Å². The standard InChI is InChI=1S/C12H6F5.C9H7.2ClH.Zr/c1-5-2-3-6(4-5)7-8(13)10(15)12(17)11(16)9(7)14;1-2-5-9-7-3-6-8(9)4-1;;;/h2-4H,1H3;1-7H;2*1H;/q2*-1;;;+4/p-2. The molecule has 0 saturated carbocycles. The second kappa shape index (κ2) is 11.6. The molecule has 0 fully saturated rings. The zero-order valence-corrected chi connectivity index (χ0v) is 18.9. The van der Waals surface area contributed by atoms with Crippen molar-refractivity contribution in [2.75, 3.05) is 0 Å². The van der Waals surface area contributed by atoms with Gasteiger partial charge in [0.25, 0.3) is 0 Å². The molecule has 150 valence electrons. The Bertz CT molecular complexity index is 1010. The molecule has 0 nitrogen and oxygen atoms in total. The van der Waals surface area contributed by atoms with Gasteiger partial charge in [-0.3, -0.25) is 0 Å². The Labute approximate surface area is 196 Å². The predicted molar refractivity (Wildman–Crippen MR) is 91.5 cm³/mol. The van der Waals surface area contributed by atoms with Gasteiger partial charge in [-0.25, -0.2) is 22.0 Å². The third-order valence-electron chi connectivity index (χ3n) is 3.96. The topological polar surface area (TPSA) is 0 Å². The van der Waals surface area contributed by atoms with E-state index in [1.54, 1.807) is 6.92 Å². The van der Waals surface area contributed by atoms with Crippen LogP contribution in [0.5, 0.6) is 0 Å². The molecule has 0 aliphatic carbocycles. The third kappa shape index (κ3) is 5.78. The van der Waals surface area contributed by atoms with Crippen LogP contribution in [-0.4, -0.2) is 0 Å². The predicted octanol–water partition coefficient (Wildman–Crippen LogP) is 0.641. The maximum Gasteiger partial charge on any atom is 4.00 e. The Morgan fingerprint density at radius 2 is 1.31 bits per heavy atom. The summed E-state index contributed by atoms with van der Waals surface area (Å²) in [6, 6.07) is 18.8. The molecule has 8 heteroatoms. The molecule has 0 heterocycles. The Kier molecular flexibility index (Phi) is 11.0. The SMILES string of the molecule is Cc1cc[c-](-c2c(F)c(F)c(F)c(F)c2F)c1.[Cl-].[Cl-].[Zr+4].c1ccc2[cH-]ccc2c1. The zero-order valence-electron chi connectivity index (χ0n) is 14.9. The Hall–Kier alpha value is -1.49. The second-order valence-corrected chi connectivity index (χ2v) is 5.78. The molecule has 0 saturated heterocycles. The first-order valence-electron chi connectivity index (χ1n) is 7.75. The number of aryl methyl sites for hydroxylation is 1. The molecule has 0 unspecified atom stereocenters. The van der Waals surface area contributed by atoms with Crippen molar-refractivity contribution in [1.29, 1.82) is 0 Å². The van der Waals surface area contributed by atoms with Crippen molar-refractivity contribution in [2.24, 2.45) is 0 Å². The van der Waals surface area contributed by atoms with Crippen molar-refractivity contribution in [3.8, 4) is 11.1 Å². The number of hydrogen-bond acceptors (Lipinski definition) is 0. The monoisotopic (exact) mass is 520 g/mol. The average molecular weight is 522 g/mol. The van der Waals surface area contributed by atoms with Gasteiger partial charge in [0.2, 0.25) is 0 Å². The van der Waals surface area contributed by atoms with Crippen LogP contribution < -0.4 is 24.8 Å². The van der Waals surface area contributed by atoms with E-state index in [1.165, 1.54) is 29.0 Å². The number of benzene rings is 2. The van der Waals surface area contributed by atoms with Crippen molar-refractivity contribution in [2.45, 2.75) is 6.92 Å². The molecule has 0 amide bonds. The molecule has 0 bridgehead atoms. The summed E-state index contributed by atoms with van der Waals surface area (Å²) in [5.74, 6) is -9.64. The van der Waals surface area contributed by atoms with Gasteiger partial charge in [0.05, 0.1) is 0 Å². The molecule has 4 rings (SSSR count). The number of fused-ring (bicyclic) bond motifs is 1. The van der Waals surface area contributed by atoms with Gasteiger partial charge in [0.1, 0.15) is 11.6 Å². The van der Waals surface area contributed by atoms with Crippen LogP contribution >= 0.6 is 0 Å². The molecule has 4 aromatic carbocycles. The van der Waals surface area contributed by atoms with E-state index in [1.807, 2.05) is 0 Å². The Morgan fingerprint density at radius 1 is 0.759 bits per heavy atom.